The van der Waals surface area contributed by atoms with Crippen molar-refractivity contribution in [2.45, 2.75) is 13.0 Å². The van der Waals surface area contributed by atoms with Crippen LogP contribution in [-0.2, 0) is 4.79 Å². The fourth-order valence-corrected chi connectivity index (χ4v) is 2.49. The van der Waals surface area contributed by atoms with E-state index in [4.69, 9.17) is 0 Å². The van der Waals surface area contributed by atoms with E-state index >= 15 is 0 Å². The van der Waals surface area contributed by atoms with Crippen LogP contribution in [0.2, 0.25) is 0 Å². The number of hydrogen-bond donors (Lipinski definition) is 1. The molecule has 1 N–H and O–H groups in total. The number of benzene rings is 1. The molecule has 1 heterocycles. The summed E-state index contributed by atoms with van der Waals surface area (Å²) < 4.78 is 0. The van der Waals surface area contributed by atoms with E-state index in [-0.39, 0.29) is 11.9 Å². The Bertz CT molecular complexity index is 438. The van der Waals surface area contributed by atoms with E-state index in [9.17, 15) is 4.79 Å². The molecule has 20 heavy (non-hydrogen) atoms. The lowest BCUT2D eigenvalue weighted by atomic mass is 10.2. The third-order valence-corrected chi connectivity index (χ3v) is 3.78. The summed E-state index contributed by atoms with van der Waals surface area (Å²) in [5.74, 6) is 0.0815. The first-order valence-electron chi connectivity index (χ1n) is 7.15. The van der Waals surface area contributed by atoms with E-state index in [0.29, 0.717) is 6.54 Å². The number of anilines is 1. The van der Waals surface area contributed by atoms with E-state index in [1.165, 1.54) is 5.69 Å². The lowest BCUT2D eigenvalue weighted by molar-refractivity contribution is -0.125. The number of carbonyl (C=O) groups excluding carboxylic acids is 1. The fourth-order valence-electron chi connectivity index (χ4n) is 2.49. The highest BCUT2D eigenvalue weighted by Gasteiger charge is 2.25. The van der Waals surface area contributed by atoms with Crippen molar-refractivity contribution in [2.24, 2.45) is 0 Å². The zero-order valence-electron chi connectivity index (χ0n) is 12.1. The Morgan fingerprint density at radius 2 is 1.95 bits per heavy atom. The van der Waals surface area contributed by atoms with Crippen LogP contribution >= 0.6 is 0 Å². The molecule has 1 aromatic rings. The Kier molecular flexibility index (Phi) is 5.18. The zero-order chi connectivity index (χ0) is 14.4. The predicted molar refractivity (Wildman–Crippen MR) is 82.9 cm³/mol. The van der Waals surface area contributed by atoms with Gasteiger partial charge in [-0.2, -0.15) is 0 Å². The second-order valence-corrected chi connectivity index (χ2v) is 5.07. The summed E-state index contributed by atoms with van der Waals surface area (Å²) in [6.07, 6.45) is 1.71. The van der Waals surface area contributed by atoms with Gasteiger partial charge in [0, 0.05) is 38.4 Å². The molecule has 2 rings (SSSR count). The third-order valence-electron chi connectivity index (χ3n) is 3.78. The molecule has 0 saturated carbocycles. The van der Waals surface area contributed by atoms with Gasteiger partial charge in [0.05, 0.1) is 6.04 Å². The molecule has 1 amide bonds. The van der Waals surface area contributed by atoms with E-state index in [1.807, 2.05) is 13.0 Å². The van der Waals surface area contributed by atoms with E-state index < -0.39 is 0 Å². The van der Waals surface area contributed by atoms with Gasteiger partial charge in [-0.3, -0.25) is 9.69 Å². The molecular formula is C16H23N3O. The summed E-state index contributed by atoms with van der Waals surface area (Å²) in [7, 11) is 0. The Morgan fingerprint density at radius 3 is 2.55 bits per heavy atom. The van der Waals surface area contributed by atoms with Gasteiger partial charge in [-0.15, -0.1) is 6.58 Å². The van der Waals surface area contributed by atoms with Gasteiger partial charge < -0.3 is 10.2 Å². The molecular weight excluding hydrogens is 250 g/mol. The molecule has 1 aliphatic heterocycles. The van der Waals surface area contributed by atoms with Gasteiger partial charge in [0.15, 0.2) is 0 Å². The molecule has 4 heteroatoms. The first-order valence-corrected chi connectivity index (χ1v) is 7.15. The number of para-hydroxylation sites is 1. The predicted octanol–water partition coefficient (Wildman–Crippen LogP) is 1.50. The number of amides is 1. The van der Waals surface area contributed by atoms with Gasteiger partial charge in [0.1, 0.15) is 0 Å². The van der Waals surface area contributed by atoms with Crippen molar-refractivity contribution >= 4 is 11.6 Å². The molecule has 1 fully saturated rings. The fraction of sp³-hybridized carbons (Fsp3) is 0.438. The molecule has 1 aromatic carbocycles. The monoisotopic (exact) mass is 273 g/mol. The normalized spacial score (nSPS) is 17.6. The first-order chi connectivity index (χ1) is 9.72. The molecule has 1 aliphatic rings. The number of nitrogens with one attached hydrogen (secondary N) is 1. The number of hydrogen-bond acceptors (Lipinski definition) is 3. The maximum Gasteiger partial charge on any atom is 0.237 e. The average molecular weight is 273 g/mol. The van der Waals surface area contributed by atoms with Crippen LogP contribution in [0.25, 0.3) is 0 Å². The SMILES string of the molecule is C=CCNC(=O)C(C)N1CCN(c2ccccc2)CC1. The van der Waals surface area contributed by atoms with Crippen LogP contribution in [0.5, 0.6) is 0 Å². The van der Waals surface area contributed by atoms with E-state index in [1.54, 1.807) is 6.08 Å². The van der Waals surface area contributed by atoms with Crippen molar-refractivity contribution in [2.75, 3.05) is 37.6 Å². The van der Waals surface area contributed by atoms with Crippen molar-refractivity contribution in [3.05, 3.63) is 43.0 Å². The number of nitrogens with zero attached hydrogens (tertiary/aromatic N) is 2. The van der Waals surface area contributed by atoms with E-state index in [2.05, 4.69) is 46.0 Å². The van der Waals surface area contributed by atoms with Crippen LogP contribution in [0.1, 0.15) is 6.92 Å². The van der Waals surface area contributed by atoms with Gasteiger partial charge in [0.2, 0.25) is 5.91 Å². The largest absolute Gasteiger partial charge is 0.369 e. The number of piperazine rings is 1. The van der Waals surface area contributed by atoms with Crippen molar-refractivity contribution in [1.82, 2.24) is 10.2 Å². The van der Waals surface area contributed by atoms with Crippen molar-refractivity contribution in [3.63, 3.8) is 0 Å². The Hall–Kier alpha value is -1.81. The average Bonchev–Trinajstić information content (AvgIpc) is 2.53. The lowest BCUT2D eigenvalue weighted by Crippen LogP contribution is -2.54. The molecule has 1 unspecified atom stereocenters. The maximum atomic E-state index is 11.9. The molecule has 1 atom stereocenters. The first kappa shape index (κ1) is 14.6. The summed E-state index contributed by atoms with van der Waals surface area (Å²) >= 11 is 0. The summed E-state index contributed by atoms with van der Waals surface area (Å²) in [5, 5.41) is 2.86. The lowest BCUT2D eigenvalue weighted by Gasteiger charge is -2.38. The smallest absolute Gasteiger partial charge is 0.237 e. The summed E-state index contributed by atoms with van der Waals surface area (Å²) in [6, 6.07) is 10.4. The summed E-state index contributed by atoms with van der Waals surface area (Å²) in [5.41, 5.74) is 1.26. The second kappa shape index (κ2) is 7.10. The van der Waals surface area contributed by atoms with Crippen molar-refractivity contribution < 1.29 is 4.79 Å². The summed E-state index contributed by atoms with van der Waals surface area (Å²) in [6.45, 7) is 9.87. The maximum absolute atomic E-state index is 11.9. The molecule has 0 bridgehead atoms. The van der Waals surface area contributed by atoms with Crippen LogP contribution in [0.15, 0.2) is 43.0 Å². The quantitative estimate of drug-likeness (QED) is 0.826. The van der Waals surface area contributed by atoms with Crippen LogP contribution in [0.4, 0.5) is 5.69 Å². The highest BCUT2D eigenvalue weighted by atomic mass is 16.2. The zero-order valence-corrected chi connectivity index (χ0v) is 12.1. The van der Waals surface area contributed by atoms with Gasteiger partial charge >= 0.3 is 0 Å². The minimum absolute atomic E-state index is 0.0760. The molecule has 0 radical (unpaired) electrons. The number of rotatable bonds is 5. The Balaban J connectivity index is 1.84. The molecule has 0 aromatic heterocycles. The molecule has 0 aliphatic carbocycles. The van der Waals surface area contributed by atoms with Crippen molar-refractivity contribution in [1.29, 1.82) is 0 Å². The van der Waals surface area contributed by atoms with Gasteiger partial charge in [-0.25, -0.2) is 0 Å². The van der Waals surface area contributed by atoms with Gasteiger partial charge in [-0.05, 0) is 19.1 Å². The van der Waals surface area contributed by atoms with Gasteiger partial charge in [-0.1, -0.05) is 24.3 Å². The molecule has 4 nitrogen and oxygen atoms in total. The molecule has 1 saturated heterocycles. The van der Waals surface area contributed by atoms with Crippen LogP contribution in [-0.4, -0.2) is 49.6 Å². The highest BCUT2D eigenvalue weighted by molar-refractivity contribution is 5.81. The topological polar surface area (TPSA) is 35.6 Å². The van der Waals surface area contributed by atoms with Gasteiger partial charge in [0.25, 0.3) is 0 Å². The van der Waals surface area contributed by atoms with Crippen LogP contribution in [0.3, 0.4) is 0 Å². The van der Waals surface area contributed by atoms with Crippen LogP contribution < -0.4 is 10.2 Å². The second-order valence-electron chi connectivity index (χ2n) is 5.07. The van der Waals surface area contributed by atoms with E-state index in [0.717, 1.165) is 26.2 Å². The minimum atomic E-state index is -0.0760. The molecule has 0 spiro atoms. The highest BCUT2D eigenvalue weighted by Crippen LogP contribution is 2.16. The van der Waals surface area contributed by atoms with Crippen LogP contribution in [0, 0.1) is 0 Å². The summed E-state index contributed by atoms with van der Waals surface area (Å²) in [4.78, 5) is 16.5. The molecule has 108 valence electrons. The number of carbonyl (C=O) groups is 1. The Morgan fingerprint density at radius 1 is 1.30 bits per heavy atom. The minimum Gasteiger partial charge on any atom is -0.369 e. The standard InChI is InChI=1S/C16H23N3O/c1-3-9-17-16(20)14(2)18-10-12-19(13-11-18)15-7-5-4-6-8-15/h3-8,14H,1,9-13H2,2H3,(H,17,20). The third kappa shape index (κ3) is 3.61. The van der Waals surface area contributed by atoms with Crippen molar-refractivity contribution in [3.8, 4) is 0 Å². The Labute approximate surface area is 121 Å².